The smallest absolute Gasteiger partial charge is 0.212 e. The van der Waals surface area contributed by atoms with Gasteiger partial charge >= 0.3 is 0 Å². The van der Waals surface area contributed by atoms with Crippen molar-refractivity contribution in [2.24, 2.45) is 0 Å². The number of hydrogen-bond donors (Lipinski definition) is 0. The van der Waals surface area contributed by atoms with E-state index < -0.39 is 11.2 Å². The number of nitrogens with zero attached hydrogens (tertiary/aromatic N) is 1. The third-order valence-corrected chi connectivity index (χ3v) is 1.29. The Morgan fingerprint density at radius 2 is 2.56 bits per heavy atom. The minimum Gasteiger partial charge on any atom is -0.228 e. The Morgan fingerprint density at radius 3 is 3.00 bits per heavy atom. The SMILES string of the molecule is [2H]C([2H])(Br)c1ccc(F)nc1. The summed E-state index contributed by atoms with van der Waals surface area (Å²) in [5.41, 5.74) is 0.305. The largest absolute Gasteiger partial charge is 0.228 e. The second-order valence-electron chi connectivity index (χ2n) is 1.46. The van der Waals surface area contributed by atoms with Crippen LogP contribution >= 0.6 is 15.9 Å². The summed E-state index contributed by atoms with van der Waals surface area (Å²) in [7, 11) is 0. The number of rotatable bonds is 1. The van der Waals surface area contributed by atoms with E-state index in [0.29, 0.717) is 5.56 Å². The molecule has 0 spiro atoms. The first-order valence-electron chi connectivity index (χ1n) is 3.31. The van der Waals surface area contributed by atoms with Gasteiger partial charge in [-0.25, -0.2) is 4.98 Å². The third kappa shape index (κ3) is 1.75. The molecule has 0 aliphatic rings. The predicted molar refractivity (Wildman–Crippen MR) is 36.8 cm³/mol. The zero-order chi connectivity index (χ0) is 8.48. The summed E-state index contributed by atoms with van der Waals surface area (Å²) in [5.74, 6) is -0.606. The average Bonchev–Trinajstić information content (AvgIpc) is 1.86. The van der Waals surface area contributed by atoms with Gasteiger partial charge in [-0.15, -0.1) is 0 Å². The average molecular weight is 192 g/mol. The summed E-state index contributed by atoms with van der Waals surface area (Å²) in [4.78, 5) is 3.31. The normalized spacial score (nSPS) is 14.4. The molecule has 0 amide bonds. The molecular formula is C6H5BrFN. The molecule has 0 aromatic carbocycles. The van der Waals surface area contributed by atoms with Crippen LogP contribution in [-0.2, 0) is 5.28 Å². The molecule has 0 bridgehead atoms. The number of alkyl halides is 1. The molecule has 0 aliphatic heterocycles. The summed E-state index contributed by atoms with van der Waals surface area (Å²) in [6, 6.07) is 2.46. The fourth-order valence-electron chi connectivity index (χ4n) is 0.432. The van der Waals surface area contributed by atoms with Crippen molar-refractivity contribution >= 4 is 15.9 Å². The lowest BCUT2D eigenvalue weighted by atomic mass is 10.3. The van der Waals surface area contributed by atoms with E-state index in [4.69, 9.17) is 2.74 Å². The van der Waals surface area contributed by atoms with Crippen molar-refractivity contribution in [3.63, 3.8) is 0 Å². The minimum absolute atomic E-state index is 0.305. The maximum Gasteiger partial charge on any atom is 0.212 e. The Morgan fingerprint density at radius 1 is 1.78 bits per heavy atom. The van der Waals surface area contributed by atoms with Crippen molar-refractivity contribution < 1.29 is 7.13 Å². The van der Waals surface area contributed by atoms with Gasteiger partial charge < -0.3 is 0 Å². The fraction of sp³-hybridized carbons (Fsp3) is 0.167. The van der Waals surface area contributed by atoms with E-state index in [2.05, 4.69) is 20.9 Å². The number of aromatic nitrogens is 1. The van der Waals surface area contributed by atoms with E-state index in [9.17, 15) is 4.39 Å². The summed E-state index contributed by atoms with van der Waals surface area (Å²) >= 11 is 2.78. The summed E-state index contributed by atoms with van der Waals surface area (Å²) < 4.78 is 26.6. The summed E-state index contributed by atoms with van der Waals surface area (Å²) in [5, 5.41) is -1.63. The Hall–Kier alpha value is -0.440. The zero-order valence-electron chi connectivity index (χ0n) is 6.44. The molecule has 0 unspecified atom stereocenters. The second-order valence-corrected chi connectivity index (χ2v) is 1.86. The van der Waals surface area contributed by atoms with Gasteiger partial charge in [0.25, 0.3) is 0 Å². The minimum atomic E-state index is -1.63. The van der Waals surface area contributed by atoms with E-state index in [1.165, 1.54) is 6.07 Å². The quantitative estimate of drug-likeness (QED) is 0.490. The molecule has 1 rings (SSSR count). The lowest BCUT2D eigenvalue weighted by Gasteiger charge is -1.90. The van der Waals surface area contributed by atoms with Gasteiger partial charge in [0, 0.05) is 14.2 Å². The Bertz CT molecular complexity index is 244. The van der Waals surface area contributed by atoms with Gasteiger partial charge in [-0.05, 0) is 11.6 Å². The molecule has 1 aromatic rings. The van der Waals surface area contributed by atoms with Gasteiger partial charge in [-0.2, -0.15) is 4.39 Å². The van der Waals surface area contributed by atoms with Crippen molar-refractivity contribution in [1.82, 2.24) is 4.98 Å². The van der Waals surface area contributed by atoms with Gasteiger partial charge in [0.2, 0.25) is 5.95 Å². The number of halogens is 2. The van der Waals surface area contributed by atoms with Gasteiger partial charge in [0.15, 0.2) is 0 Å². The maximum absolute atomic E-state index is 12.2. The molecule has 1 nitrogen and oxygen atoms in total. The van der Waals surface area contributed by atoms with Crippen LogP contribution in [0, 0.1) is 5.95 Å². The van der Waals surface area contributed by atoms with Crippen molar-refractivity contribution in [3.8, 4) is 0 Å². The maximum atomic E-state index is 12.2. The van der Waals surface area contributed by atoms with Crippen molar-refractivity contribution in [3.05, 3.63) is 29.8 Å². The Kier molecular flexibility index (Phi) is 1.42. The summed E-state index contributed by atoms with van der Waals surface area (Å²) in [6.45, 7) is 0. The molecule has 1 heterocycles. The molecule has 0 saturated carbocycles. The molecule has 0 fully saturated rings. The van der Waals surface area contributed by atoms with E-state index >= 15 is 0 Å². The molecule has 0 radical (unpaired) electrons. The Balaban J connectivity index is 2.99. The highest BCUT2D eigenvalue weighted by Crippen LogP contribution is 2.02. The van der Waals surface area contributed by atoms with Gasteiger partial charge in [-0.3, -0.25) is 0 Å². The first-order valence-corrected chi connectivity index (χ1v) is 3.10. The van der Waals surface area contributed by atoms with Crippen LogP contribution in [0.1, 0.15) is 8.30 Å². The highest BCUT2D eigenvalue weighted by molar-refractivity contribution is 9.08. The molecule has 1 aromatic heterocycles. The first-order chi connectivity index (χ1) is 5.00. The van der Waals surface area contributed by atoms with E-state index in [0.717, 1.165) is 12.3 Å². The van der Waals surface area contributed by atoms with E-state index in [1.54, 1.807) is 0 Å². The van der Waals surface area contributed by atoms with Gasteiger partial charge in [0.1, 0.15) is 0 Å². The van der Waals surface area contributed by atoms with Crippen molar-refractivity contribution in [2.75, 3.05) is 0 Å². The predicted octanol–water partition coefficient (Wildman–Crippen LogP) is 2.12. The van der Waals surface area contributed by atoms with Crippen LogP contribution in [0.5, 0.6) is 0 Å². The topological polar surface area (TPSA) is 12.9 Å². The Labute approximate surface area is 63.9 Å². The molecular weight excluding hydrogens is 185 g/mol. The standard InChI is InChI=1S/C6H5BrFN/c7-3-5-1-2-6(8)9-4-5/h1-2,4H,3H2/i3D2. The van der Waals surface area contributed by atoms with Crippen LogP contribution in [0.25, 0.3) is 0 Å². The molecule has 0 saturated heterocycles. The second kappa shape index (κ2) is 2.92. The van der Waals surface area contributed by atoms with Crippen LogP contribution in [-0.4, -0.2) is 4.98 Å². The van der Waals surface area contributed by atoms with E-state index in [1.807, 2.05) is 0 Å². The number of hydrogen-bond acceptors (Lipinski definition) is 1. The third-order valence-electron chi connectivity index (χ3n) is 0.836. The van der Waals surface area contributed by atoms with Crippen molar-refractivity contribution in [1.29, 1.82) is 0 Å². The monoisotopic (exact) mass is 191 g/mol. The highest BCUT2D eigenvalue weighted by atomic mass is 79.9. The summed E-state index contributed by atoms with van der Waals surface area (Å²) in [6.07, 6.45) is 1.16. The van der Waals surface area contributed by atoms with Crippen LogP contribution < -0.4 is 0 Å². The van der Waals surface area contributed by atoms with Crippen LogP contribution in [0.15, 0.2) is 18.3 Å². The highest BCUT2D eigenvalue weighted by Gasteiger charge is 1.89. The lowest BCUT2D eigenvalue weighted by Crippen LogP contribution is -1.82. The van der Waals surface area contributed by atoms with Gasteiger partial charge in [0.05, 0.1) is 0 Å². The van der Waals surface area contributed by atoms with Crippen molar-refractivity contribution in [2.45, 2.75) is 5.28 Å². The van der Waals surface area contributed by atoms with Crippen LogP contribution in [0.3, 0.4) is 0 Å². The molecule has 9 heavy (non-hydrogen) atoms. The number of pyridine rings is 1. The van der Waals surface area contributed by atoms with Crippen LogP contribution in [0.4, 0.5) is 4.39 Å². The molecule has 0 aliphatic carbocycles. The molecule has 48 valence electrons. The molecule has 0 N–H and O–H groups in total. The fourth-order valence-corrected chi connectivity index (χ4v) is 0.666. The molecule has 0 atom stereocenters. The zero-order valence-corrected chi connectivity index (χ0v) is 6.02. The lowest BCUT2D eigenvalue weighted by molar-refractivity contribution is 0.583. The molecule has 3 heteroatoms. The van der Waals surface area contributed by atoms with E-state index in [-0.39, 0.29) is 0 Å². The van der Waals surface area contributed by atoms with Crippen LogP contribution in [0.2, 0.25) is 0 Å². The first kappa shape index (κ1) is 4.39. The van der Waals surface area contributed by atoms with Gasteiger partial charge in [-0.1, -0.05) is 22.0 Å².